The fourth-order valence-corrected chi connectivity index (χ4v) is 3.58. The average molecular weight is 392 g/mol. The summed E-state index contributed by atoms with van der Waals surface area (Å²) in [6.45, 7) is 8.34. The highest BCUT2D eigenvalue weighted by Gasteiger charge is 2.24. The van der Waals surface area contributed by atoms with Gasteiger partial charge < -0.3 is 15.2 Å². The number of carbonyl (C=O) groups excluding carboxylic acids is 2. The Morgan fingerprint density at radius 3 is 2.45 bits per heavy atom. The Morgan fingerprint density at radius 2 is 1.72 bits per heavy atom. The molecule has 3 rings (SSSR count). The molecule has 0 spiro atoms. The number of benzene rings is 2. The molecule has 0 atom stereocenters. The standard InChI is InChI=1S/C24H29N3O2/c1-17(28)27(22-12-8-6-10-20(22)24(2,3)4)16-23(29)25-14-13-18-15-26-21-11-7-5-9-19(18)21/h5-12,15,26H,13-14,16H2,1-4H3,(H,25,29). The number of amides is 2. The van der Waals surface area contributed by atoms with Gasteiger partial charge >= 0.3 is 0 Å². The molecule has 0 aliphatic heterocycles. The Hall–Kier alpha value is -3.08. The van der Waals surface area contributed by atoms with Crippen LogP contribution < -0.4 is 10.2 Å². The number of aromatic nitrogens is 1. The molecule has 0 saturated carbocycles. The van der Waals surface area contributed by atoms with Crippen LogP contribution >= 0.6 is 0 Å². The second kappa shape index (κ2) is 8.52. The molecule has 2 N–H and O–H groups in total. The molecule has 0 bridgehead atoms. The number of aromatic amines is 1. The minimum absolute atomic E-state index is 0.0102. The molecule has 2 amide bonds. The summed E-state index contributed by atoms with van der Waals surface area (Å²) in [6, 6.07) is 15.9. The van der Waals surface area contributed by atoms with Crippen LogP contribution in [0.1, 0.15) is 38.8 Å². The van der Waals surface area contributed by atoms with E-state index in [-0.39, 0.29) is 23.8 Å². The first-order valence-electron chi connectivity index (χ1n) is 9.96. The van der Waals surface area contributed by atoms with Gasteiger partial charge in [0.25, 0.3) is 0 Å². The molecule has 2 aromatic carbocycles. The van der Waals surface area contributed by atoms with Crippen LogP contribution in [0.2, 0.25) is 0 Å². The fraction of sp³-hybridized carbons (Fsp3) is 0.333. The molecule has 0 saturated heterocycles. The van der Waals surface area contributed by atoms with Crippen LogP contribution in [-0.4, -0.2) is 29.9 Å². The first-order chi connectivity index (χ1) is 13.8. The maximum absolute atomic E-state index is 12.6. The molecule has 0 radical (unpaired) electrons. The van der Waals surface area contributed by atoms with E-state index in [1.807, 2.05) is 48.7 Å². The second-order valence-corrected chi connectivity index (χ2v) is 8.33. The van der Waals surface area contributed by atoms with Crippen molar-refractivity contribution in [2.45, 2.75) is 39.5 Å². The van der Waals surface area contributed by atoms with Crippen LogP contribution in [-0.2, 0) is 21.4 Å². The fourth-order valence-electron chi connectivity index (χ4n) is 3.58. The smallest absolute Gasteiger partial charge is 0.240 e. The number of nitrogens with one attached hydrogen (secondary N) is 2. The molecule has 0 fully saturated rings. The monoisotopic (exact) mass is 391 g/mol. The molecule has 3 aromatic rings. The third kappa shape index (κ3) is 4.86. The summed E-state index contributed by atoms with van der Waals surface area (Å²) in [4.78, 5) is 29.7. The number of fused-ring (bicyclic) bond motifs is 1. The lowest BCUT2D eigenvalue weighted by molar-refractivity contribution is -0.123. The lowest BCUT2D eigenvalue weighted by atomic mass is 9.85. The van der Waals surface area contributed by atoms with Crippen LogP contribution in [0.4, 0.5) is 5.69 Å². The molecule has 5 heteroatoms. The van der Waals surface area contributed by atoms with Crippen molar-refractivity contribution in [3.63, 3.8) is 0 Å². The van der Waals surface area contributed by atoms with E-state index in [2.05, 4.69) is 37.1 Å². The number of anilines is 1. The molecule has 29 heavy (non-hydrogen) atoms. The van der Waals surface area contributed by atoms with Crippen molar-refractivity contribution in [1.29, 1.82) is 0 Å². The third-order valence-corrected chi connectivity index (χ3v) is 5.08. The molecule has 0 aliphatic carbocycles. The number of rotatable bonds is 6. The van der Waals surface area contributed by atoms with Gasteiger partial charge in [-0.1, -0.05) is 57.2 Å². The van der Waals surface area contributed by atoms with Crippen molar-refractivity contribution >= 4 is 28.4 Å². The van der Waals surface area contributed by atoms with Crippen LogP contribution in [0.3, 0.4) is 0 Å². The van der Waals surface area contributed by atoms with Crippen molar-refractivity contribution in [2.75, 3.05) is 18.0 Å². The molecule has 5 nitrogen and oxygen atoms in total. The summed E-state index contributed by atoms with van der Waals surface area (Å²) in [7, 11) is 0. The first-order valence-corrected chi connectivity index (χ1v) is 9.96. The minimum Gasteiger partial charge on any atom is -0.361 e. The Balaban J connectivity index is 1.66. The highest BCUT2D eigenvalue weighted by Crippen LogP contribution is 2.31. The summed E-state index contributed by atoms with van der Waals surface area (Å²) in [5.41, 5.74) is 3.97. The summed E-state index contributed by atoms with van der Waals surface area (Å²) in [6.07, 6.45) is 2.71. The first kappa shape index (κ1) is 20.6. The van der Waals surface area contributed by atoms with Crippen molar-refractivity contribution in [1.82, 2.24) is 10.3 Å². The summed E-state index contributed by atoms with van der Waals surface area (Å²) >= 11 is 0. The predicted molar refractivity (Wildman–Crippen MR) is 118 cm³/mol. The lowest BCUT2D eigenvalue weighted by Crippen LogP contribution is -2.41. The number of carbonyl (C=O) groups is 2. The molecular formula is C24H29N3O2. The van der Waals surface area contributed by atoms with Crippen molar-refractivity contribution in [2.24, 2.45) is 0 Å². The van der Waals surface area contributed by atoms with Crippen LogP contribution in [0.15, 0.2) is 54.7 Å². The number of nitrogens with zero attached hydrogens (tertiary/aromatic N) is 1. The second-order valence-electron chi connectivity index (χ2n) is 8.33. The average Bonchev–Trinajstić information content (AvgIpc) is 3.08. The van der Waals surface area contributed by atoms with Gasteiger partial charge in [0, 0.05) is 36.3 Å². The topological polar surface area (TPSA) is 65.2 Å². The van der Waals surface area contributed by atoms with Crippen molar-refractivity contribution < 1.29 is 9.59 Å². The van der Waals surface area contributed by atoms with Gasteiger partial charge in [-0.05, 0) is 35.1 Å². The van der Waals surface area contributed by atoms with Crippen LogP contribution in [0.25, 0.3) is 10.9 Å². The van der Waals surface area contributed by atoms with E-state index in [1.54, 1.807) is 4.90 Å². The zero-order valence-corrected chi connectivity index (χ0v) is 17.6. The van der Waals surface area contributed by atoms with Gasteiger partial charge in [-0.25, -0.2) is 0 Å². The highest BCUT2D eigenvalue weighted by atomic mass is 16.2. The van der Waals surface area contributed by atoms with Crippen molar-refractivity contribution in [3.05, 3.63) is 65.9 Å². The Kier molecular flexibility index (Phi) is 6.06. The van der Waals surface area contributed by atoms with Gasteiger partial charge in [0.15, 0.2) is 0 Å². The highest BCUT2D eigenvalue weighted by molar-refractivity contribution is 5.98. The molecule has 152 valence electrons. The van der Waals surface area contributed by atoms with E-state index >= 15 is 0 Å². The Bertz CT molecular complexity index is 1010. The number of H-pyrrole nitrogens is 1. The van der Waals surface area contributed by atoms with E-state index < -0.39 is 0 Å². The van der Waals surface area contributed by atoms with Gasteiger partial charge in [-0.3, -0.25) is 9.59 Å². The summed E-state index contributed by atoms with van der Waals surface area (Å²) in [5.74, 6) is -0.308. The quantitative estimate of drug-likeness (QED) is 0.662. The minimum atomic E-state index is -0.163. The number of hydrogen-bond acceptors (Lipinski definition) is 2. The largest absolute Gasteiger partial charge is 0.361 e. The normalized spacial score (nSPS) is 11.4. The van der Waals surface area contributed by atoms with E-state index in [0.717, 1.165) is 23.2 Å². The molecule has 1 heterocycles. The molecule has 0 unspecified atom stereocenters. The van der Waals surface area contributed by atoms with E-state index in [1.165, 1.54) is 17.9 Å². The maximum Gasteiger partial charge on any atom is 0.240 e. The number of hydrogen-bond donors (Lipinski definition) is 2. The SMILES string of the molecule is CC(=O)N(CC(=O)NCCc1c[nH]c2ccccc12)c1ccccc1C(C)(C)C. The van der Waals surface area contributed by atoms with Gasteiger partial charge in [0.2, 0.25) is 11.8 Å². The lowest BCUT2D eigenvalue weighted by Gasteiger charge is -2.29. The molecule has 1 aromatic heterocycles. The number of para-hydroxylation sites is 2. The van der Waals surface area contributed by atoms with Crippen molar-refractivity contribution in [3.8, 4) is 0 Å². The third-order valence-electron chi connectivity index (χ3n) is 5.08. The summed E-state index contributed by atoms with van der Waals surface area (Å²) in [5, 5.41) is 4.12. The van der Waals surface area contributed by atoms with E-state index in [9.17, 15) is 9.59 Å². The van der Waals surface area contributed by atoms with Gasteiger partial charge in [0.1, 0.15) is 6.54 Å². The van der Waals surface area contributed by atoms with Gasteiger partial charge in [-0.15, -0.1) is 0 Å². The molecular weight excluding hydrogens is 362 g/mol. The zero-order chi connectivity index (χ0) is 21.0. The van der Waals surface area contributed by atoms with Gasteiger partial charge in [0.05, 0.1) is 0 Å². The molecule has 0 aliphatic rings. The zero-order valence-electron chi connectivity index (χ0n) is 17.6. The Morgan fingerprint density at radius 1 is 1.03 bits per heavy atom. The maximum atomic E-state index is 12.6. The van der Waals surface area contributed by atoms with Crippen LogP contribution in [0.5, 0.6) is 0 Å². The Labute approximate surface area is 172 Å². The van der Waals surface area contributed by atoms with E-state index in [0.29, 0.717) is 6.54 Å². The van der Waals surface area contributed by atoms with Crippen LogP contribution in [0, 0.1) is 0 Å². The van der Waals surface area contributed by atoms with Gasteiger partial charge in [-0.2, -0.15) is 0 Å². The van der Waals surface area contributed by atoms with E-state index in [4.69, 9.17) is 0 Å². The predicted octanol–water partition coefficient (Wildman–Crippen LogP) is 4.18. The summed E-state index contributed by atoms with van der Waals surface area (Å²) < 4.78 is 0.